The first-order valence-electron chi connectivity index (χ1n) is 10.2. The highest BCUT2D eigenvalue weighted by molar-refractivity contribution is 8.26. The van der Waals surface area contributed by atoms with Crippen molar-refractivity contribution in [1.29, 1.82) is 0 Å². The Morgan fingerprint density at radius 1 is 1.10 bits per heavy atom. The predicted molar refractivity (Wildman–Crippen MR) is 130 cm³/mol. The van der Waals surface area contributed by atoms with Crippen molar-refractivity contribution in [2.45, 2.75) is 27.2 Å². The highest BCUT2D eigenvalue weighted by Gasteiger charge is 2.31. The van der Waals surface area contributed by atoms with E-state index in [0.29, 0.717) is 46.9 Å². The molecule has 1 amide bonds. The fourth-order valence-electron chi connectivity index (χ4n) is 3.10. The Morgan fingerprint density at radius 3 is 2.55 bits per heavy atom. The van der Waals surface area contributed by atoms with E-state index in [0.717, 1.165) is 11.3 Å². The van der Waals surface area contributed by atoms with Crippen LogP contribution in [0.1, 0.15) is 30.0 Å². The topological polar surface area (TPSA) is 48.0 Å². The van der Waals surface area contributed by atoms with E-state index in [2.05, 4.69) is 19.9 Å². The Hall–Kier alpha value is -2.51. The summed E-state index contributed by atoms with van der Waals surface area (Å²) in [5.74, 6) is 2.01. The Balaban J connectivity index is 1.65. The van der Waals surface area contributed by atoms with Crippen LogP contribution in [0.3, 0.4) is 0 Å². The van der Waals surface area contributed by atoms with E-state index in [9.17, 15) is 4.79 Å². The van der Waals surface area contributed by atoms with Gasteiger partial charge in [0.05, 0.1) is 25.2 Å². The summed E-state index contributed by atoms with van der Waals surface area (Å²) in [5, 5.41) is 0. The maximum Gasteiger partial charge on any atom is 0.266 e. The van der Waals surface area contributed by atoms with Crippen LogP contribution in [0.4, 0.5) is 0 Å². The minimum Gasteiger partial charge on any atom is -0.493 e. The zero-order valence-corrected chi connectivity index (χ0v) is 19.9. The molecule has 164 valence electrons. The first kappa shape index (κ1) is 23.2. The van der Waals surface area contributed by atoms with Gasteiger partial charge in [-0.3, -0.25) is 9.69 Å². The van der Waals surface area contributed by atoms with Gasteiger partial charge >= 0.3 is 0 Å². The highest BCUT2D eigenvalue weighted by Crippen LogP contribution is 2.37. The monoisotopic (exact) mass is 457 g/mol. The van der Waals surface area contributed by atoms with Crippen molar-refractivity contribution in [2.75, 3.05) is 26.9 Å². The van der Waals surface area contributed by atoms with Crippen molar-refractivity contribution in [1.82, 2.24) is 4.90 Å². The molecular weight excluding hydrogens is 430 g/mol. The highest BCUT2D eigenvalue weighted by atomic mass is 32.2. The van der Waals surface area contributed by atoms with Crippen molar-refractivity contribution in [3.63, 3.8) is 0 Å². The third kappa shape index (κ3) is 5.60. The summed E-state index contributed by atoms with van der Waals surface area (Å²) in [6, 6.07) is 11.7. The molecule has 0 saturated carbocycles. The third-order valence-corrected chi connectivity index (χ3v) is 6.37. The molecule has 2 aromatic rings. The Bertz CT molecular complexity index is 1000. The molecule has 0 radical (unpaired) electrons. The molecule has 0 N–H and O–H groups in total. The number of methoxy groups -OCH3 is 1. The van der Waals surface area contributed by atoms with E-state index in [-0.39, 0.29) is 5.91 Å². The number of benzene rings is 2. The second-order valence-electron chi connectivity index (χ2n) is 7.10. The van der Waals surface area contributed by atoms with Crippen molar-refractivity contribution < 1.29 is 19.0 Å². The normalized spacial score (nSPS) is 15.0. The minimum absolute atomic E-state index is 0.0759. The Labute approximate surface area is 193 Å². The molecule has 1 heterocycles. The van der Waals surface area contributed by atoms with Gasteiger partial charge < -0.3 is 14.2 Å². The van der Waals surface area contributed by atoms with Crippen LogP contribution >= 0.6 is 24.0 Å². The lowest BCUT2D eigenvalue weighted by Gasteiger charge is -2.14. The number of rotatable bonds is 9. The quantitative estimate of drug-likeness (QED) is 0.286. The molecule has 31 heavy (non-hydrogen) atoms. The molecule has 1 saturated heterocycles. The second-order valence-corrected chi connectivity index (χ2v) is 8.78. The predicted octanol–water partition coefficient (Wildman–Crippen LogP) is 5.38. The summed E-state index contributed by atoms with van der Waals surface area (Å²) in [5.41, 5.74) is 3.24. The lowest BCUT2D eigenvalue weighted by Crippen LogP contribution is -2.27. The molecule has 0 atom stereocenters. The number of carbonyl (C=O) groups is 1. The minimum atomic E-state index is -0.0759. The number of carbonyl (C=O) groups excluding carboxylic acids is 1. The molecule has 1 aliphatic heterocycles. The molecule has 1 fully saturated rings. The number of thioether (sulfide) groups is 1. The molecule has 7 heteroatoms. The van der Waals surface area contributed by atoms with Crippen LogP contribution in [0, 0.1) is 13.8 Å². The largest absolute Gasteiger partial charge is 0.493 e. The van der Waals surface area contributed by atoms with Crippen LogP contribution in [0.25, 0.3) is 6.08 Å². The molecule has 0 unspecified atom stereocenters. The summed E-state index contributed by atoms with van der Waals surface area (Å²) in [7, 11) is 1.60. The molecule has 0 aromatic heterocycles. The van der Waals surface area contributed by atoms with Crippen LogP contribution < -0.4 is 14.2 Å². The lowest BCUT2D eigenvalue weighted by atomic mass is 10.1. The van der Waals surface area contributed by atoms with E-state index in [4.69, 9.17) is 26.4 Å². The van der Waals surface area contributed by atoms with Gasteiger partial charge in [-0.05, 0) is 56.2 Å². The van der Waals surface area contributed by atoms with Crippen LogP contribution in [-0.4, -0.2) is 42.0 Å². The van der Waals surface area contributed by atoms with E-state index in [1.165, 1.54) is 22.9 Å². The number of nitrogens with zero attached hydrogens (tertiary/aromatic N) is 1. The summed E-state index contributed by atoms with van der Waals surface area (Å²) < 4.78 is 17.9. The number of hydrogen-bond acceptors (Lipinski definition) is 6. The van der Waals surface area contributed by atoms with Gasteiger partial charge in [-0.2, -0.15) is 0 Å². The number of ether oxygens (including phenoxy) is 3. The van der Waals surface area contributed by atoms with Crippen molar-refractivity contribution >= 4 is 40.3 Å². The van der Waals surface area contributed by atoms with Crippen LogP contribution in [0.2, 0.25) is 0 Å². The fraction of sp³-hybridized carbons (Fsp3) is 0.333. The molecule has 5 nitrogen and oxygen atoms in total. The van der Waals surface area contributed by atoms with Gasteiger partial charge in [-0.1, -0.05) is 42.2 Å². The molecule has 0 bridgehead atoms. The standard InChI is InChI=1S/C24H27NO4S2/c1-5-25-23(26)21(31-24(25)30)15-18-8-6-9-20(27-4)22(18)29-13-7-12-28-19-11-10-16(2)17(3)14-19/h6,8-11,14-15H,5,7,12-13H2,1-4H3. The van der Waals surface area contributed by atoms with Crippen molar-refractivity contribution in [2.24, 2.45) is 0 Å². The first-order valence-corrected chi connectivity index (χ1v) is 11.4. The SMILES string of the molecule is CCN1C(=O)C(=Cc2cccc(OC)c2OCCCOc2ccc(C)c(C)c2)SC1=S. The fourth-order valence-corrected chi connectivity index (χ4v) is 4.48. The summed E-state index contributed by atoms with van der Waals surface area (Å²) in [6.45, 7) is 7.63. The molecule has 0 spiro atoms. The van der Waals surface area contributed by atoms with Gasteiger partial charge in [0.25, 0.3) is 5.91 Å². The van der Waals surface area contributed by atoms with E-state index >= 15 is 0 Å². The maximum atomic E-state index is 12.6. The average Bonchev–Trinajstić information content (AvgIpc) is 3.03. The third-order valence-electron chi connectivity index (χ3n) is 4.99. The van der Waals surface area contributed by atoms with Crippen LogP contribution in [-0.2, 0) is 4.79 Å². The number of thiocarbonyl (C=S) groups is 1. The maximum absolute atomic E-state index is 12.6. The summed E-state index contributed by atoms with van der Waals surface area (Å²) >= 11 is 6.61. The van der Waals surface area contributed by atoms with Crippen LogP contribution in [0.5, 0.6) is 17.2 Å². The molecule has 0 aliphatic carbocycles. The summed E-state index contributed by atoms with van der Waals surface area (Å²) in [6.07, 6.45) is 2.53. The number of likely N-dealkylation sites (N-methyl/N-ethyl adjacent to an activating group) is 1. The van der Waals surface area contributed by atoms with Gasteiger partial charge in [-0.15, -0.1) is 0 Å². The number of amides is 1. The average molecular weight is 458 g/mol. The van der Waals surface area contributed by atoms with Crippen molar-refractivity contribution in [3.8, 4) is 17.2 Å². The summed E-state index contributed by atoms with van der Waals surface area (Å²) in [4.78, 5) is 14.7. The van der Waals surface area contributed by atoms with Gasteiger partial charge in [0.1, 0.15) is 10.1 Å². The van der Waals surface area contributed by atoms with Gasteiger partial charge in [0, 0.05) is 18.5 Å². The first-order chi connectivity index (χ1) is 14.9. The zero-order chi connectivity index (χ0) is 22.4. The van der Waals surface area contributed by atoms with E-state index in [1.807, 2.05) is 43.3 Å². The van der Waals surface area contributed by atoms with E-state index in [1.54, 1.807) is 12.0 Å². The Kier molecular flexibility index (Phi) is 7.98. The van der Waals surface area contributed by atoms with E-state index < -0.39 is 0 Å². The van der Waals surface area contributed by atoms with Gasteiger partial charge in [0.2, 0.25) is 0 Å². The molecule has 1 aliphatic rings. The second kappa shape index (κ2) is 10.7. The molecule has 2 aromatic carbocycles. The van der Waals surface area contributed by atoms with Gasteiger partial charge in [0.15, 0.2) is 11.5 Å². The van der Waals surface area contributed by atoms with Gasteiger partial charge in [-0.25, -0.2) is 0 Å². The number of hydrogen-bond donors (Lipinski definition) is 0. The molecule has 3 rings (SSSR count). The smallest absolute Gasteiger partial charge is 0.266 e. The lowest BCUT2D eigenvalue weighted by molar-refractivity contribution is -0.121. The van der Waals surface area contributed by atoms with Crippen molar-refractivity contribution in [3.05, 3.63) is 58.0 Å². The van der Waals surface area contributed by atoms with Crippen LogP contribution in [0.15, 0.2) is 41.3 Å². The number of para-hydroxylation sites is 1. The Morgan fingerprint density at radius 2 is 1.87 bits per heavy atom. The number of aryl methyl sites for hydroxylation is 2. The molecular formula is C24H27NO4S2. The zero-order valence-electron chi connectivity index (χ0n) is 18.3.